The summed E-state index contributed by atoms with van der Waals surface area (Å²) in [6.07, 6.45) is -3.82. The van der Waals surface area contributed by atoms with Crippen LogP contribution in [0.5, 0.6) is 11.5 Å². The van der Waals surface area contributed by atoms with E-state index in [1.165, 1.54) is 0 Å². The maximum atomic E-state index is 12.9. The Morgan fingerprint density at radius 3 is 2.67 bits per heavy atom. The van der Waals surface area contributed by atoms with Crippen molar-refractivity contribution >= 4 is 38.8 Å². The molecule has 3 aromatic rings. The van der Waals surface area contributed by atoms with E-state index >= 15 is 0 Å². The molecule has 3 heterocycles. The van der Waals surface area contributed by atoms with Crippen molar-refractivity contribution in [3.63, 3.8) is 0 Å². The number of halogens is 3. The van der Waals surface area contributed by atoms with E-state index in [1.807, 2.05) is 0 Å². The summed E-state index contributed by atoms with van der Waals surface area (Å²) in [5.74, 6) is 0.532. The van der Waals surface area contributed by atoms with E-state index in [4.69, 9.17) is 15.2 Å². The third kappa shape index (κ3) is 3.23. The Bertz CT molecular complexity index is 1050. The minimum atomic E-state index is -4.54. The molecule has 0 radical (unpaired) electrons. The summed E-state index contributed by atoms with van der Waals surface area (Å²) in [6, 6.07) is 5.80. The highest BCUT2D eigenvalue weighted by atomic mass is 32.1. The first-order chi connectivity index (χ1) is 12.8. The molecule has 0 unspecified atom stereocenters. The van der Waals surface area contributed by atoms with Crippen molar-refractivity contribution < 1.29 is 27.4 Å². The number of hydrogen-bond acceptors (Lipinski definition) is 6. The second-order valence-electron chi connectivity index (χ2n) is 5.73. The summed E-state index contributed by atoms with van der Waals surface area (Å²) < 4.78 is 49.4. The number of benzene rings is 1. The number of carbonyl (C=O) groups is 1. The molecule has 0 fully saturated rings. The van der Waals surface area contributed by atoms with Gasteiger partial charge in [0.1, 0.15) is 22.9 Å². The summed E-state index contributed by atoms with van der Waals surface area (Å²) in [6.45, 7) is 0.852. The van der Waals surface area contributed by atoms with Crippen LogP contribution in [0.3, 0.4) is 0 Å². The van der Waals surface area contributed by atoms with Gasteiger partial charge in [-0.25, -0.2) is 4.98 Å². The number of nitrogens with one attached hydrogen (secondary N) is 1. The number of aromatic nitrogens is 1. The minimum Gasteiger partial charge on any atom is -0.486 e. The number of rotatable bonds is 2. The van der Waals surface area contributed by atoms with E-state index in [2.05, 4.69) is 10.3 Å². The molecule has 6 nitrogen and oxygen atoms in total. The zero-order valence-corrected chi connectivity index (χ0v) is 14.4. The lowest BCUT2D eigenvalue weighted by molar-refractivity contribution is -0.137. The Labute approximate surface area is 154 Å². The smallest absolute Gasteiger partial charge is 0.417 e. The lowest BCUT2D eigenvalue weighted by atomic mass is 10.2. The van der Waals surface area contributed by atoms with Crippen molar-refractivity contribution in [3.8, 4) is 11.5 Å². The monoisotopic (exact) mass is 395 g/mol. The number of nitrogens with zero attached hydrogens (tertiary/aromatic N) is 1. The quantitative estimate of drug-likeness (QED) is 0.687. The van der Waals surface area contributed by atoms with Crippen molar-refractivity contribution in [1.82, 2.24) is 4.98 Å². The molecule has 1 amide bonds. The molecular weight excluding hydrogens is 383 g/mol. The van der Waals surface area contributed by atoms with Gasteiger partial charge in [-0.2, -0.15) is 13.2 Å². The highest BCUT2D eigenvalue weighted by molar-refractivity contribution is 7.21. The molecule has 27 heavy (non-hydrogen) atoms. The largest absolute Gasteiger partial charge is 0.486 e. The fourth-order valence-corrected chi connectivity index (χ4v) is 3.57. The van der Waals surface area contributed by atoms with E-state index in [9.17, 15) is 18.0 Å². The third-order valence-electron chi connectivity index (χ3n) is 3.92. The van der Waals surface area contributed by atoms with Gasteiger partial charge in [0.15, 0.2) is 11.5 Å². The van der Waals surface area contributed by atoms with Gasteiger partial charge in [-0.3, -0.25) is 4.79 Å². The Morgan fingerprint density at radius 1 is 1.19 bits per heavy atom. The number of hydrogen-bond donors (Lipinski definition) is 2. The van der Waals surface area contributed by atoms with E-state index in [0.29, 0.717) is 30.4 Å². The molecule has 0 saturated heterocycles. The van der Waals surface area contributed by atoms with Crippen LogP contribution >= 0.6 is 11.3 Å². The lowest BCUT2D eigenvalue weighted by Gasteiger charge is -2.18. The normalized spacial score (nSPS) is 13.6. The van der Waals surface area contributed by atoms with Crippen molar-refractivity contribution in [2.45, 2.75) is 6.18 Å². The van der Waals surface area contributed by atoms with Gasteiger partial charge in [0.2, 0.25) is 0 Å². The van der Waals surface area contributed by atoms with E-state index in [1.54, 1.807) is 18.2 Å². The Kier molecular flexibility index (Phi) is 4.06. The summed E-state index contributed by atoms with van der Waals surface area (Å²) in [5.41, 5.74) is 5.41. The van der Waals surface area contributed by atoms with Gasteiger partial charge in [-0.05, 0) is 18.2 Å². The standard InChI is InChI=1S/C17H12F3N3O3S/c18-17(19,20)8-5-10-13(21)14(27-16(10)22-7-8)15(24)23-9-1-2-11-12(6-9)26-4-3-25-11/h1-2,5-7H,3-4,21H2,(H,23,24). The topological polar surface area (TPSA) is 86.5 Å². The first-order valence-electron chi connectivity index (χ1n) is 7.79. The molecule has 1 aromatic carbocycles. The van der Waals surface area contributed by atoms with Crippen LogP contribution < -0.4 is 20.5 Å². The zero-order chi connectivity index (χ0) is 19.2. The van der Waals surface area contributed by atoms with Crippen LogP contribution in [0.1, 0.15) is 15.2 Å². The van der Waals surface area contributed by atoms with E-state index < -0.39 is 17.6 Å². The number of alkyl halides is 3. The van der Waals surface area contributed by atoms with Gasteiger partial charge < -0.3 is 20.5 Å². The third-order valence-corrected chi connectivity index (χ3v) is 5.05. The average molecular weight is 395 g/mol. The first-order valence-corrected chi connectivity index (χ1v) is 8.61. The Morgan fingerprint density at radius 2 is 1.93 bits per heavy atom. The second-order valence-corrected chi connectivity index (χ2v) is 6.73. The molecule has 4 rings (SSSR count). The molecule has 1 aliphatic heterocycles. The molecule has 2 aromatic heterocycles. The number of amides is 1. The van der Waals surface area contributed by atoms with Crippen molar-refractivity contribution in [2.24, 2.45) is 0 Å². The molecular formula is C17H12F3N3O3S. The molecule has 0 aliphatic carbocycles. The highest BCUT2D eigenvalue weighted by Crippen LogP contribution is 2.38. The lowest BCUT2D eigenvalue weighted by Crippen LogP contribution is -2.16. The molecule has 0 saturated carbocycles. The van der Waals surface area contributed by atoms with Gasteiger partial charge in [0.25, 0.3) is 5.91 Å². The fraction of sp³-hybridized carbons (Fsp3) is 0.176. The summed E-state index contributed by atoms with van der Waals surface area (Å²) in [7, 11) is 0. The number of nitrogens with two attached hydrogens (primary N) is 1. The van der Waals surface area contributed by atoms with Crippen LogP contribution in [0.15, 0.2) is 30.5 Å². The fourth-order valence-electron chi connectivity index (χ4n) is 2.63. The second kappa shape index (κ2) is 6.31. The minimum absolute atomic E-state index is 0.0383. The summed E-state index contributed by atoms with van der Waals surface area (Å²) in [5, 5.41) is 2.76. The number of carbonyl (C=O) groups excluding carboxylic acids is 1. The van der Waals surface area contributed by atoms with Crippen LogP contribution in [0.4, 0.5) is 24.5 Å². The van der Waals surface area contributed by atoms with Crippen LogP contribution in [0.25, 0.3) is 10.2 Å². The number of ether oxygens (including phenoxy) is 2. The molecule has 0 bridgehead atoms. The van der Waals surface area contributed by atoms with Gasteiger partial charge in [0.05, 0.1) is 11.3 Å². The predicted molar refractivity (Wildman–Crippen MR) is 94.4 cm³/mol. The molecule has 0 spiro atoms. The van der Waals surface area contributed by atoms with Crippen molar-refractivity contribution in [2.75, 3.05) is 24.3 Å². The van der Waals surface area contributed by atoms with Crippen LogP contribution in [-0.2, 0) is 6.18 Å². The van der Waals surface area contributed by atoms with Crippen molar-refractivity contribution in [1.29, 1.82) is 0 Å². The number of pyridine rings is 1. The SMILES string of the molecule is Nc1c(C(=O)Nc2ccc3c(c2)OCCO3)sc2ncc(C(F)(F)F)cc12. The molecule has 10 heteroatoms. The molecule has 0 atom stereocenters. The van der Waals surface area contributed by atoms with Crippen LogP contribution in [-0.4, -0.2) is 24.1 Å². The summed E-state index contributed by atoms with van der Waals surface area (Å²) in [4.78, 5) is 16.7. The summed E-state index contributed by atoms with van der Waals surface area (Å²) >= 11 is 0.928. The molecule has 3 N–H and O–H groups in total. The van der Waals surface area contributed by atoms with Gasteiger partial charge in [-0.15, -0.1) is 11.3 Å². The molecule has 140 valence electrons. The Balaban J connectivity index is 1.64. The van der Waals surface area contributed by atoms with E-state index in [-0.39, 0.29) is 20.8 Å². The predicted octanol–water partition coefficient (Wildman–Crippen LogP) is 3.92. The first kappa shape index (κ1) is 17.4. The van der Waals surface area contributed by atoms with Crippen molar-refractivity contribution in [3.05, 3.63) is 40.9 Å². The van der Waals surface area contributed by atoms with E-state index in [0.717, 1.165) is 23.6 Å². The maximum Gasteiger partial charge on any atom is 0.417 e. The number of nitrogen functional groups attached to an aromatic ring is 1. The maximum absolute atomic E-state index is 12.9. The van der Waals surface area contributed by atoms with Gasteiger partial charge in [-0.1, -0.05) is 0 Å². The van der Waals surface area contributed by atoms with Gasteiger partial charge in [0, 0.05) is 23.3 Å². The Hall–Kier alpha value is -3.01. The zero-order valence-electron chi connectivity index (χ0n) is 13.6. The van der Waals surface area contributed by atoms with Gasteiger partial charge >= 0.3 is 6.18 Å². The van der Waals surface area contributed by atoms with Crippen LogP contribution in [0.2, 0.25) is 0 Å². The van der Waals surface area contributed by atoms with Crippen LogP contribution in [0, 0.1) is 0 Å². The molecule has 1 aliphatic rings. The number of fused-ring (bicyclic) bond motifs is 2. The average Bonchev–Trinajstić information content (AvgIpc) is 2.97. The number of thiophene rings is 1. The number of anilines is 2. The highest BCUT2D eigenvalue weighted by Gasteiger charge is 2.32.